The fraction of sp³-hybridized carbons (Fsp3) is 0.556. The minimum Gasteiger partial charge on any atom is -0.394 e. The largest absolute Gasteiger partial charge is 0.394 e. The molecule has 8 nitrogen and oxygen atoms in total. The number of nitrogens with zero attached hydrogens (tertiary/aromatic N) is 1. The maximum absolute atomic E-state index is 11.4. The molecule has 2 heterocycles. The van der Waals surface area contributed by atoms with E-state index in [2.05, 4.69) is 0 Å². The molecule has 17 heavy (non-hydrogen) atoms. The number of ether oxygens (including phenoxy) is 1. The van der Waals surface area contributed by atoms with Crippen LogP contribution < -0.4 is 11.2 Å². The molecule has 1 fully saturated rings. The van der Waals surface area contributed by atoms with E-state index in [1.165, 1.54) is 0 Å². The second-order valence-electron chi connectivity index (χ2n) is 3.75. The van der Waals surface area contributed by atoms with E-state index in [0.717, 1.165) is 16.8 Å². The Hall–Kier alpha value is -1.48. The van der Waals surface area contributed by atoms with Gasteiger partial charge in [0.2, 0.25) is 0 Å². The number of aromatic amines is 1. The van der Waals surface area contributed by atoms with Crippen molar-refractivity contribution in [1.29, 1.82) is 0 Å². The third kappa shape index (κ3) is 2.03. The van der Waals surface area contributed by atoms with Gasteiger partial charge in [-0.1, -0.05) is 0 Å². The summed E-state index contributed by atoms with van der Waals surface area (Å²) in [5.41, 5.74) is -1.33. The Morgan fingerprint density at radius 1 is 1.35 bits per heavy atom. The number of hydrogen-bond donors (Lipinski definition) is 4. The first-order valence-electron chi connectivity index (χ1n) is 4.98. The molecule has 4 N–H and O–H groups in total. The van der Waals surface area contributed by atoms with Gasteiger partial charge in [-0.2, -0.15) is 0 Å². The lowest BCUT2D eigenvalue weighted by Crippen LogP contribution is -2.37. The molecular weight excluding hydrogens is 232 g/mol. The number of aliphatic hydroxyl groups is 3. The van der Waals surface area contributed by atoms with Gasteiger partial charge in [0.1, 0.15) is 18.3 Å². The van der Waals surface area contributed by atoms with Crippen LogP contribution in [0.2, 0.25) is 0 Å². The van der Waals surface area contributed by atoms with Gasteiger partial charge in [-0.05, 0) is 0 Å². The van der Waals surface area contributed by atoms with Crippen LogP contribution in [0.15, 0.2) is 21.9 Å². The molecule has 1 aliphatic rings. The van der Waals surface area contributed by atoms with Crippen LogP contribution in [0.4, 0.5) is 0 Å². The zero-order valence-corrected chi connectivity index (χ0v) is 8.68. The number of aromatic nitrogens is 2. The Morgan fingerprint density at radius 3 is 2.59 bits per heavy atom. The minimum absolute atomic E-state index is 0.479. The second kappa shape index (κ2) is 4.41. The topological polar surface area (TPSA) is 125 Å². The maximum Gasteiger partial charge on any atom is 0.330 e. The highest BCUT2D eigenvalue weighted by atomic mass is 16.6. The summed E-state index contributed by atoms with van der Waals surface area (Å²) in [6.45, 7) is -0.479. The van der Waals surface area contributed by atoms with Crippen LogP contribution >= 0.6 is 0 Å². The van der Waals surface area contributed by atoms with Crippen molar-refractivity contribution in [2.45, 2.75) is 24.5 Å². The highest BCUT2D eigenvalue weighted by molar-refractivity contribution is 4.92. The molecule has 8 heteroatoms. The average Bonchev–Trinajstić information content (AvgIpc) is 2.57. The lowest BCUT2D eigenvalue weighted by molar-refractivity contribution is -0.0550. The molecule has 0 spiro atoms. The third-order valence-corrected chi connectivity index (χ3v) is 2.64. The van der Waals surface area contributed by atoms with E-state index in [9.17, 15) is 19.8 Å². The zero-order valence-electron chi connectivity index (χ0n) is 8.68. The predicted molar refractivity (Wildman–Crippen MR) is 54.3 cm³/mol. The van der Waals surface area contributed by atoms with Gasteiger partial charge < -0.3 is 20.1 Å². The molecule has 0 amide bonds. The van der Waals surface area contributed by atoms with Crippen molar-refractivity contribution in [3.63, 3.8) is 0 Å². The zero-order chi connectivity index (χ0) is 12.6. The van der Waals surface area contributed by atoms with E-state index in [0.29, 0.717) is 0 Å². The lowest BCUT2D eigenvalue weighted by atomic mass is 10.1. The summed E-state index contributed by atoms with van der Waals surface area (Å²) in [6.07, 6.45) is -3.58. The normalized spacial score (nSPS) is 32.9. The van der Waals surface area contributed by atoms with Gasteiger partial charge in [-0.15, -0.1) is 0 Å². The van der Waals surface area contributed by atoms with E-state index >= 15 is 0 Å². The third-order valence-electron chi connectivity index (χ3n) is 2.64. The molecule has 1 saturated heterocycles. The second-order valence-corrected chi connectivity index (χ2v) is 3.75. The van der Waals surface area contributed by atoms with Gasteiger partial charge in [0.15, 0.2) is 6.23 Å². The van der Waals surface area contributed by atoms with Crippen molar-refractivity contribution in [1.82, 2.24) is 9.55 Å². The Morgan fingerprint density at radius 2 is 2.06 bits per heavy atom. The number of hydrogen-bond acceptors (Lipinski definition) is 6. The molecule has 94 valence electrons. The van der Waals surface area contributed by atoms with Crippen LogP contribution in [0, 0.1) is 0 Å². The van der Waals surface area contributed by atoms with Gasteiger partial charge in [0.05, 0.1) is 6.61 Å². The van der Waals surface area contributed by atoms with Crippen LogP contribution in [0.25, 0.3) is 0 Å². The number of H-pyrrole nitrogens is 1. The van der Waals surface area contributed by atoms with Crippen molar-refractivity contribution < 1.29 is 20.1 Å². The molecule has 0 saturated carbocycles. The first kappa shape index (κ1) is 12.0. The molecule has 2 rings (SSSR count). The summed E-state index contributed by atoms with van der Waals surface area (Å²) in [7, 11) is 0. The fourth-order valence-corrected chi connectivity index (χ4v) is 1.74. The molecular formula is C9H12N2O6. The lowest BCUT2D eigenvalue weighted by Gasteiger charge is -2.16. The molecule has 0 aliphatic carbocycles. The summed E-state index contributed by atoms with van der Waals surface area (Å²) in [4.78, 5) is 24.3. The summed E-state index contributed by atoms with van der Waals surface area (Å²) in [5.74, 6) is 0. The van der Waals surface area contributed by atoms with Crippen LogP contribution in [0.5, 0.6) is 0 Å². The predicted octanol–water partition coefficient (Wildman–Crippen LogP) is -2.85. The number of rotatable bonds is 2. The number of aliphatic hydroxyl groups excluding tert-OH is 3. The first-order valence-corrected chi connectivity index (χ1v) is 4.98. The fourth-order valence-electron chi connectivity index (χ4n) is 1.74. The van der Waals surface area contributed by atoms with Gasteiger partial charge in [0.25, 0.3) is 5.56 Å². The van der Waals surface area contributed by atoms with E-state index in [1.54, 1.807) is 0 Å². The van der Waals surface area contributed by atoms with E-state index in [-0.39, 0.29) is 0 Å². The Labute approximate surface area is 94.7 Å². The average molecular weight is 244 g/mol. The summed E-state index contributed by atoms with van der Waals surface area (Å²) in [5, 5.41) is 28.1. The van der Waals surface area contributed by atoms with Crippen molar-refractivity contribution in [3.05, 3.63) is 33.1 Å². The summed E-state index contributed by atoms with van der Waals surface area (Å²) >= 11 is 0. The quantitative estimate of drug-likeness (QED) is 0.444. The highest BCUT2D eigenvalue weighted by Crippen LogP contribution is 2.27. The van der Waals surface area contributed by atoms with E-state index in [4.69, 9.17) is 9.84 Å². The van der Waals surface area contributed by atoms with E-state index in [1.807, 2.05) is 4.98 Å². The first-order chi connectivity index (χ1) is 8.04. The number of nitrogens with one attached hydrogen (secondary N) is 1. The van der Waals surface area contributed by atoms with Crippen LogP contribution in [-0.2, 0) is 4.74 Å². The Kier molecular flexibility index (Phi) is 3.11. The highest BCUT2D eigenvalue weighted by Gasteiger charge is 2.43. The van der Waals surface area contributed by atoms with Gasteiger partial charge in [-0.25, -0.2) is 4.79 Å². The SMILES string of the molecule is O=c1ccn(C2OC(CO)[C@@H](O)[C@H]2O)c(=O)[nH]1. The smallest absolute Gasteiger partial charge is 0.330 e. The molecule has 0 radical (unpaired) electrons. The van der Waals surface area contributed by atoms with Crippen molar-refractivity contribution in [2.75, 3.05) is 6.61 Å². The Balaban J connectivity index is 2.35. The van der Waals surface area contributed by atoms with Crippen molar-refractivity contribution in [2.24, 2.45) is 0 Å². The molecule has 1 aliphatic heterocycles. The van der Waals surface area contributed by atoms with Gasteiger partial charge in [0, 0.05) is 12.3 Å². The van der Waals surface area contributed by atoms with Crippen molar-refractivity contribution >= 4 is 0 Å². The molecule has 1 aromatic heterocycles. The van der Waals surface area contributed by atoms with Gasteiger partial charge >= 0.3 is 5.69 Å². The maximum atomic E-state index is 11.4. The van der Waals surface area contributed by atoms with Crippen LogP contribution in [0.1, 0.15) is 6.23 Å². The molecule has 1 aromatic rings. The summed E-state index contributed by atoms with van der Waals surface area (Å²) < 4.78 is 6.08. The summed E-state index contributed by atoms with van der Waals surface area (Å²) in [6, 6.07) is 1.09. The van der Waals surface area contributed by atoms with Crippen molar-refractivity contribution in [3.8, 4) is 0 Å². The van der Waals surface area contributed by atoms with E-state index < -0.39 is 42.4 Å². The minimum atomic E-state index is -1.35. The Bertz CT molecular complexity index is 509. The monoisotopic (exact) mass is 244 g/mol. The van der Waals surface area contributed by atoms with Gasteiger partial charge in [-0.3, -0.25) is 14.3 Å². The molecule has 2 unspecified atom stereocenters. The standard InChI is InChI=1S/C9H12N2O6/c12-3-4-6(14)7(15)8(17-4)11-2-1-5(13)10-9(11)16/h1-2,4,6-8,12,14-15H,3H2,(H,10,13,16)/t4?,6-,7-,8?/m1/s1. The molecule has 0 aromatic carbocycles. The van der Waals surface area contributed by atoms with Crippen LogP contribution in [-0.4, -0.2) is 49.8 Å². The molecule has 4 atom stereocenters. The van der Waals surface area contributed by atoms with Crippen LogP contribution in [0.3, 0.4) is 0 Å². The molecule has 0 bridgehead atoms.